The van der Waals surface area contributed by atoms with Crippen molar-refractivity contribution in [2.24, 2.45) is 0 Å². The maximum Gasteiger partial charge on any atom is 0.346 e. The largest absolute Gasteiger partial charge is 0.477 e. The summed E-state index contributed by atoms with van der Waals surface area (Å²) in [6, 6.07) is 0. The van der Waals surface area contributed by atoms with E-state index < -0.39 is 11.6 Å². The number of carboxylic acid groups (broad SMARTS) is 1. The van der Waals surface area contributed by atoms with Gasteiger partial charge in [-0.25, -0.2) is 4.79 Å². The molecule has 0 spiro atoms. The van der Waals surface area contributed by atoms with Crippen molar-refractivity contribution in [3.05, 3.63) is 11.1 Å². The highest BCUT2D eigenvalue weighted by molar-refractivity contribution is 6.40. The smallest absolute Gasteiger partial charge is 0.346 e. The van der Waals surface area contributed by atoms with Crippen LogP contribution in [0.25, 0.3) is 0 Å². The van der Waals surface area contributed by atoms with Crippen molar-refractivity contribution in [3.8, 4) is 0 Å². The van der Waals surface area contributed by atoms with E-state index in [0.717, 1.165) is 0 Å². The number of carbonyl (C=O) groups is 2. The van der Waals surface area contributed by atoms with Gasteiger partial charge < -0.3 is 9.84 Å². The van der Waals surface area contributed by atoms with Gasteiger partial charge in [-0.15, -0.1) is 0 Å². The molecule has 86 valence electrons. The topological polar surface area (TPSA) is 63.6 Å². The average molecular weight is 235 g/mol. The lowest BCUT2D eigenvalue weighted by molar-refractivity contribution is -0.154. The van der Waals surface area contributed by atoms with Crippen molar-refractivity contribution in [2.45, 2.75) is 39.2 Å². The Bertz CT molecular complexity index is 276. The second-order valence-corrected chi connectivity index (χ2v) is 4.39. The lowest BCUT2D eigenvalue weighted by atomic mass is 10.2. The Morgan fingerprint density at radius 1 is 1.40 bits per heavy atom. The molecule has 1 N–H and O–H groups in total. The van der Waals surface area contributed by atoms with Crippen LogP contribution in [0.4, 0.5) is 0 Å². The van der Waals surface area contributed by atoms with Crippen molar-refractivity contribution in [1.82, 2.24) is 0 Å². The minimum atomic E-state index is -1.19. The van der Waals surface area contributed by atoms with Gasteiger partial charge in [0.15, 0.2) is 0 Å². The molecule has 0 amide bonds. The first-order valence-corrected chi connectivity index (χ1v) is 4.91. The zero-order valence-corrected chi connectivity index (χ0v) is 9.80. The molecule has 15 heavy (non-hydrogen) atoms. The van der Waals surface area contributed by atoms with Crippen LogP contribution in [0, 0.1) is 0 Å². The molecule has 0 aromatic rings. The minimum Gasteiger partial charge on any atom is -0.477 e. The zero-order chi connectivity index (χ0) is 12.1. The third kappa shape index (κ3) is 8.00. The number of ether oxygens (including phenoxy) is 1. The minimum absolute atomic E-state index is 0.126. The monoisotopic (exact) mass is 234 g/mol. The molecule has 5 heteroatoms. The third-order valence-corrected chi connectivity index (χ3v) is 1.61. The van der Waals surface area contributed by atoms with E-state index in [1.807, 2.05) is 0 Å². The van der Waals surface area contributed by atoms with Gasteiger partial charge in [-0.2, -0.15) is 0 Å². The summed E-state index contributed by atoms with van der Waals surface area (Å²) in [5, 5.41) is 8.14. The normalized spacial score (nSPS) is 12.4. The molecule has 0 atom stereocenters. The lowest BCUT2D eigenvalue weighted by Crippen LogP contribution is -2.23. The Morgan fingerprint density at radius 2 is 1.93 bits per heavy atom. The van der Waals surface area contributed by atoms with Crippen LogP contribution in [0.5, 0.6) is 0 Å². The molecule has 0 fully saturated rings. The number of hydrogen-bond acceptors (Lipinski definition) is 3. The molecule has 0 bridgehead atoms. The number of allylic oxidation sites excluding steroid dienone is 1. The van der Waals surface area contributed by atoms with E-state index in [-0.39, 0.29) is 23.8 Å². The fourth-order valence-electron chi connectivity index (χ4n) is 0.797. The number of halogens is 1. The van der Waals surface area contributed by atoms with Crippen LogP contribution in [0.2, 0.25) is 0 Å². The molecule has 0 aliphatic heterocycles. The molecule has 4 nitrogen and oxygen atoms in total. The van der Waals surface area contributed by atoms with Crippen LogP contribution in [-0.4, -0.2) is 22.6 Å². The van der Waals surface area contributed by atoms with E-state index in [1.165, 1.54) is 6.08 Å². The molecule has 0 aromatic heterocycles. The second-order valence-electron chi connectivity index (χ2n) is 3.98. The molecule has 0 radical (unpaired) electrons. The molecule has 0 saturated heterocycles. The van der Waals surface area contributed by atoms with Crippen molar-refractivity contribution in [3.63, 3.8) is 0 Å². The van der Waals surface area contributed by atoms with Crippen LogP contribution in [-0.2, 0) is 14.3 Å². The number of hydrogen-bond donors (Lipinski definition) is 1. The quantitative estimate of drug-likeness (QED) is 0.599. The van der Waals surface area contributed by atoms with Gasteiger partial charge in [0.1, 0.15) is 10.6 Å². The molecule has 0 heterocycles. The molecule has 0 aliphatic rings. The van der Waals surface area contributed by atoms with E-state index in [4.69, 9.17) is 21.4 Å². The summed E-state index contributed by atoms with van der Waals surface area (Å²) in [7, 11) is 0. The number of aliphatic carboxylic acids is 1. The maximum atomic E-state index is 11.2. The third-order valence-electron chi connectivity index (χ3n) is 1.30. The predicted octanol–water partition coefficient (Wildman–Crippen LogP) is 2.32. The first kappa shape index (κ1) is 14.0. The van der Waals surface area contributed by atoms with Gasteiger partial charge in [0.25, 0.3) is 0 Å². The SMILES string of the molecule is CC(C)(C)OC(=O)CC/C=C(\Cl)C(=O)O. The number of carbonyl (C=O) groups excluding carboxylic acids is 1. The average Bonchev–Trinajstić information content (AvgIpc) is 2.00. The van der Waals surface area contributed by atoms with E-state index in [9.17, 15) is 9.59 Å². The summed E-state index contributed by atoms with van der Waals surface area (Å²) in [4.78, 5) is 21.5. The van der Waals surface area contributed by atoms with Gasteiger partial charge in [0.05, 0.1) is 0 Å². The summed E-state index contributed by atoms with van der Waals surface area (Å²) in [5.74, 6) is -1.56. The van der Waals surface area contributed by atoms with Crippen LogP contribution < -0.4 is 0 Å². The van der Waals surface area contributed by atoms with Gasteiger partial charge in [-0.3, -0.25) is 4.79 Å². The Hall–Kier alpha value is -1.03. The predicted molar refractivity (Wildman–Crippen MR) is 56.7 cm³/mol. The first-order valence-electron chi connectivity index (χ1n) is 4.53. The fraction of sp³-hybridized carbons (Fsp3) is 0.600. The standard InChI is InChI=1S/C10H15ClO4/c1-10(2,3)15-8(12)6-4-5-7(11)9(13)14/h5H,4,6H2,1-3H3,(H,13,14)/b7-5-. The Kier molecular flexibility index (Phi) is 5.36. The van der Waals surface area contributed by atoms with Gasteiger partial charge in [0.2, 0.25) is 0 Å². The fourth-order valence-corrected chi connectivity index (χ4v) is 0.906. The first-order chi connectivity index (χ1) is 6.72. The van der Waals surface area contributed by atoms with Crippen molar-refractivity contribution < 1.29 is 19.4 Å². The molecule has 0 rings (SSSR count). The summed E-state index contributed by atoms with van der Waals surface area (Å²) < 4.78 is 5.02. The molecule has 0 aliphatic carbocycles. The summed E-state index contributed by atoms with van der Waals surface area (Å²) in [6.45, 7) is 5.31. The van der Waals surface area contributed by atoms with Crippen molar-refractivity contribution in [1.29, 1.82) is 0 Å². The number of carboxylic acids is 1. The highest BCUT2D eigenvalue weighted by Crippen LogP contribution is 2.10. The van der Waals surface area contributed by atoms with Crippen molar-refractivity contribution in [2.75, 3.05) is 0 Å². The highest BCUT2D eigenvalue weighted by atomic mass is 35.5. The summed E-state index contributed by atoms with van der Waals surface area (Å²) in [5.41, 5.74) is -0.516. The molecular weight excluding hydrogens is 220 g/mol. The summed E-state index contributed by atoms with van der Waals surface area (Å²) >= 11 is 5.34. The van der Waals surface area contributed by atoms with Crippen LogP contribution in [0.1, 0.15) is 33.6 Å². The van der Waals surface area contributed by atoms with Crippen LogP contribution in [0.15, 0.2) is 11.1 Å². The van der Waals surface area contributed by atoms with Crippen LogP contribution >= 0.6 is 11.6 Å². The lowest BCUT2D eigenvalue weighted by Gasteiger charge is -2.19. The van der Waals surface area contributed by atoms with Gasteiger partial charge in [0, 0.05) is 6.42 Å². The van der Waals surface area contributed by atoms with E-state index >= 15 is 0 Å². The molecular formula is C10H15ClO4. The zero-order valence-electron chi connectivity index (χ0n) is 9.04. The van der Waals surface area contributed by atoms with Gasteiger partial charge >= 0.3 is 11.9 Å². The van der Waals surface area contributed by atoms with E-state index in [1.54, 1.807) is 20.8 Å². The number of rotatable bonds is 4. The van der Waals surface area contributed by atoms with E-state index in [0.29, 0.717) is 0 Å². The Labute approximate surface area is 93.9 Å². The molecule has 0 aromatic carbocycles. The Balaban J connectivity index is 3.93. The highest BCUT2D eigenvalue weighted by Gasteiger charge is 2.15. The Morgan fingerprint density at radius 3 is 2.33 bits per heavy atom. The van der Waals surface area contributed by atoms with E-state index in [2.05, 4.69) is 0 Å². The molecule has 0 unspecified atom stereocenters. The van der Waals surface area contributed by atoms with Crippen LogP contribution in [0.3, 0.4) is 0 Å². The second kappa shape index (κ2) is 5.75. The summed E-state index contributed by atoms with van der Waals surface area (Å²) in [6.07, 6.45) is 1.68. The maximum absolute atomic E-state index is 11.2. The number of esters is 1. The van der Waals surface area contributed by atoms with Gasteiger partial charge in [-0.1, -0.05) is 17.7 Å². The van der Waals surface area contributed by atoms with Crippen molar-refractivity contribution >= 4 is 23.5 Å². The molecule has 0 saturated carbocycles. The van der Waals surface area contributed by atoms with Gasteiger partial charge in [-0.05, 0) is 27.2 Å².